The van der Waals surface area contributed by atoms with Crippen LogP contribution in [-0.4, -0.2) is 29.9 Å². The fraction of sp³-hybridized carbons (Fsp3) is 0.188. The minimum Gasteiger partial charge on any atom is -0.495 e. The molecule has 2 rings (SSSR count). The van der Waals surface area contributed by atoms with Crippen molar-refractivity contribution >= 4 is 23.4 Å². The number of primary amides is 1. The average molecular weight is 334 g/mol. The third-order valence-electron chi connectivity index (χ3n) is 3.23. The molecule has 1 atom stereocenters. The first kappa shape index (κ1) is 16.8. The van der Waals surface area contributed by atoms with Crippen LogP contribution in [0.15, 0.2) is 42.7 Å². The Balaban J connectivity index is 2.12. The largest absolute Gasteiger partial charge is 0.495 e. The first-order valence-corrected chi connectivity index (χ1v) is 7.21. The molecule has 1 aromatic heterocycles. The van der Waals surface area contributed by atoms with E-state index >= 15 is 0 Å². The number of pyridine rings is 1. The number of aromatic nitrogens is 1. The van der Waals surface area contributed by atoms with Crippen LogP contribution in [0.5, 0.6) is 5.75 Å². The van der Waals surface area contributed by atoms with Crippen molar-refractivity contribution in [2.45, 2.75) is 12.5 Å². The van der Waals surface area contributed by atoms with Gasteiger partial charge in [0.05, 0.1) is 17.7 Å². The molecule has 0 saturated heterocycles. The van der Waals surface area contributed by atoms with Crippen molar-refractivity contribution in [3.63, 3.8) is 0 Å². The molecule has 3 N–H and O–H groups in total. The van der Waals surface area contributed by atoms with E-state index in [1.165, 1.54) is 13.3 Å². The molecule has 23 heavy (non-hydrogen) atoms. The van der Waals surface area contributed by atoms with Crippen LogP contribution in [0.25, 0.3) is 0 Å². The quantitative estimate of drug-likeness (QED) is 0.839. The van der Waals surface area contributed by atoms with Gasteiger partial charge in [-0.25, -0.2) is 0 Å². The lowest BCUT2D eigenvalue weighted by molar-refractivity contribution is -0.119. The Kier molecular flexibility index (Phi) is 5.54. The molecule has 0 aliphatic heterocycles. The van der Waals surface area contributed by atoms with Crippen molar-refractivity contribution in [2.75, 3.05) is 7.11 Å². The van der Waals surface area contributed by atoms with Gasteiger partial charge in [-0.3, -0.25) is 14.6 Å². The van der Waals surface area contributed by atoms with E-state index in [0.717, 1.165) is 5.56 Å². The Bertz CT molecular complexity index is 707. The van der Waals surface area contributed by atoms with E-state index in [1.807, 2.05) is 0 Å². The Morgan fingerprint density at radius 1 is 1.39 bits per heavy atom. The number of carbonyl (C=O) groups excluding carboxylic acids is 2. The lowest BCUT2D eigenvalue weighted by Crippen LogP contribution is -2.45. The van der Waals surface area contributed by atoms with Crippen LogP contribution in [0.4, 0.5) is 0 Å². The fourth-order valence-corrected chi connectivity index (χ4v) is 2.31. The van der Waals surface area contributed by atoms with Crippen LogP contribution in [0.1, 0.15) is 15.9 Å². The number of carbonyl (C=O) groups is 2. The number of hydrogen-bond donors (Lipinski definition) is 2. The molecule has 6 nitrogen and oxygen atoms in total. The molecule has 0 fully saturated rings. The molecule has 0 bridgehead atoms. The van der Waals surface area contributed by atoms with Gasteiger partial charge in [-0.2, -0.15) is 0 Å². The van der Waals surface area contributed by atoms with Crippen LogP contribution in [0, 0.1) is 0 Å². The maximum Gasteiger partial charge on any atom is 0.253 e. The summed E-state index contributed by atoms with van der Waals surface area (Å²) in [5, 5.41) is 3.02. The number of amides is 2. The second kappa shape index (κ2) is 7.60. The highest BCUT2D eigenvalue weighted by Gasteiger charge is 2.20. The third-order valence-corrected chi connectivity index (χ3v) is 3.52. The van der Waals surface area contributed by atoms with E-state index in [4.69, 9.17) is 22.1 Å². The number of hydrogen-bond acceptors (Lipinski definition) is 4. The van der Waals surface area contributed by atoms with Crippen LogP contribution in [0.3, 0.4) is 0 Å². The van der Waals surface area contributed by atoms with Gasteiger partial charge in [0.2, 0.25) is 5.91 Å². The van der Waals surface area contributed by atoms with E-state index < -0.39 is 17.9 Å². The molecular weight excluding hydrogens is 318 g/mol. The number of nitrogens with one attached hydrogen (secondary N) is 1. The second-order valence-corrected chi connectivity index (χ2v) is 5.25. The van der Waals surface area contributed by atoms with Gasteiger partial charge in [0.15, 0.2) is 0 Å². The molecule has 1 heterocycles. The van der Waals surface area contributed by atoms with E-state index in [1.54, 1.807) is 36.5 Å². The van der Waals surface area contributed by atoms with E-state index in [9.17, 15) is 9.59 Å². The predicted octanol–water partition coefficient (Wildman–Crippen LogP) is 1.57. The summed E-state index contributed by atoms with van der Waals surface area (Å²) < 4.78 is 5.07. The number of nitrogens with two attached hydrogens (primary N) is 1. The summed E-state index contributed by atoms with van der Waals surface area (Å²) in [6, 6.07) is 7.51. The molecule has 0 aliphatic carbocycles. The number of halogens is 1. The zero-order valence-electron chi connectivity index (χ0n) is 12.5. The van der Waals surface area contributed by atoms with Gasteiger partial charge in [-0.1, -0.05) is 17.7 Å². The molecule has 0 spiro atoms. The van der Waals surface area contributed by atoms with Crippen LogP contribution < -0.4 is 15.8 Å². The van der Waals surface area contributed by atoms with Crippen LogP contribution >= 0.6 is 11.6 Å². The predicted molar refractivity (Wildman–Crippen MR) is 86.4 cm³/mol. The lowest BCUT2D eigenvalue weighted by atomic mass is 10.0. The Labute approximate surface area is 138 Å². The van der Waals surface area contributed by atoms with Gasteiger partial charge in [0.1, 0.15) is 11.8 Å². The SMILES string of the molecule is COc1ccc(C[C@@H](NC(=O)c2cccnc2)C(N)=O)cc1Cl. The fourth-order valence-electron chi connectivity index (χ4n) is 2.03. The first-order valence-electron chi connectivity index (χ1n) is 6.84. The molecule has 7 heteroatoms. The molecular formula is C16H16ClN3O3. The molecule has 0 saturated carbocycles. The Morgan fingerprint density at radius 2 is 2.17 bits per heavy atom. The van der Waals surface area contributed by atoms with Gasteiger partial charge in [0, 0.05) is 18.8 Å². The third kappa shape index (κ3) is 4.43. The Morgan fingerprint density at radius 3 is 2.74 bits per heavy atom. The monoisotopic (exact) mass is 333 g/mol. The maximum atomic E-state index is 12.1. The molecule has 2 amide bonds. The second-order valence-electron chi connectivity index (χ2n) is 4.84. The topological polar surface area (TPSA) is 94.3 Å². The highest BCUT2D eigenvalue weighted by atomic mass is 35.5. The minimum atomic E-state index is -0.854. The van der Waals surface area contributed by atoms with Crippen molar-refractivity contribution in [2.24, 2.45) is 5.73 Å². The van der Waals surface area contributed by atoms with Crippen molar-refractivity contribution in [1.29, 1.82) is 0 Å². The first-order chi connectivity index (χ1) is 11.0. The summed E-state index contributed by atoms with van der Waals surface area (Å²) in [5.41, 5.74) is 6.49. The summed E-state index contributed by atoms with van der Waals surface area (Å²) in [7, 11) is 1.52. The lowest BCUT2D eigenvalue weighted by Gasteiger charge is -2.16. The molecule has 1 aromatic carbocycles. The number of rotatable bonds is 6. The van der Waals surface area contributed by atoms with Crippen molar-refractivity contribution < 1.29 is 14.3 Å². The molecule has 0 unspecified atom stereocenters. The summed E-state index contributed by atoms with van der Waals surface area (Å²) in [6.45, 7) is 0. The van der Waals surface area contributed by atoms with E-state index in [0.29, 0.717) is 16.3 Å². The highest BCUT2D eigenvalue weighted by molar-refractivity contribution is 6.32. The maximum absolute atomic E-state index is 12.1. The van der Waals surface area contributed by atoms with Crippen LogP contribution in [0.2, 0.25) is 5.02 Å². The van der Waals surface area contributed by atoms with Crippen molar-refractivity contribution in [3.05, 3.63) is 58.9 Å². The summed E-state index contributed by atoms with van der Waals surface area (Å²) in [6.07, 6.45) is 3.20. The van der Waals surface area contributed by atoms with Gasteiger partial charge in [0.25, 0.3) is 5.91 Å². The molecule has 0 radical (unpaired) electrons. The summed E-state index contributed by atoms with van der Waals surface area (Å²) >= 11 is 6.06. The van der Waals surface area contributed by atoms with Crippen LogP contribution in [-0.2, 0) is 11.2 Å². The number of benzene rings is 1. The number of methoxy groups -OCH3 is 1. The van der Waals surface area contributed by atoms with E-state index in [2.05, 4.69) is 10.3 Å². The molecule has 2 aromatic rings. The zero-order chi connectivity index (χ0) is 16.8. The molecule has 0 aliphatic rings. The summed E-state index contributed by atoms with van der Waals surface area (Å²) in [4.78, 5) is 27.6. The highest BCUT2D eigenvalue weighted by Crippen LogP contribution is 2.25. The van der Waals surface area contributed by atoms with Gasteiger partial charge in [-0.05, 0) is 29.8 Å². The average Bonchev–Trinajstić information content (AvgIpc) is 2.55. The van der Waals surface area contributed by atoms with Gasteiger partial charge in [-0.15, -0.1) is 0 Å². The Hall–Kier alpha value is -2.60. The number of ether oxygens (including phenoxy) is 1. The smallest absolute Gasteiger partial charge is 0.253 e. The van der Waals surface area contributed by atoms with E-state index in [-0.39, 0.29) is 6.42 Å². The van der Waals surface area contributed by atoms with Crippen molar-refractivity contribution in [3.8, 4) is 5.75 Å². The van der Waals surface area contributed by atoms with Crippen molar-refractivity contribution in [1.82, 2.24) is 10.3 Å². The van der Waals surface area contributed by atoms with Gasteiger partial charge < -0.3 is 15.8 Å². The van der Waals surface area contributed by atoms with Gasteiger partial charge >= 0.3 is 0 Å². The molecule has 120 valence electrons. The standard InChI is InChI=1S/C16H16ClN3O3/c1-23-14-5-4-10(7-12(14)17)8-13(15(18)21)20-16(22)11-3-2-6-19-9-11/h2-7,9,13H,8H2,1H3,(H2,18,21)(H,20,22)/t13-/m1/s1. The zero-order valence-corrected chi connectivity index (χ0v) is 13.2. The number of nitrogens with zero attached hydrogens (tertiary/aromatic N) is 1. The summed E-state index contributed by atoms with van der Waals surface area (Å²) in [5.74, 6) is -0.513. The minimum absolute atomic E-state index is 0.227. The normalized spacial score (nSPS) is 11.6.